The predicted octanol–water partition coefficient (Wildman–Crippen LogP) is 2.29. The van der Waals surface area contributed by atoms with Crippen molar-refractivity contribution in [1.82, 2.24) is 4.31 Å². The SMILES string of the molecule is COc1ccc(S(=O)(=O)N(CC#N)C2CCCC2)cc1F. The molecule has 0 spiro atoms. The van der Waals surface area contributed by atoms with Crippen LogP contribution in [0.3, 0.4) is 0 Å². The maximum atomic E-state index is 13.7. The fourth-order valence-electron chi connectivity index (χ4n) is 2.62. The monoisotopic (exact) mass is 312 g/mol. The Labute approximate surface area is 124 Å². The summed E-state index contributed by atoms with van der Waals surface area (Å²) in [7, 11) is -2.57. The Morgan fingerprint density at radius 3 is 2.62 bits per heavy atom. The molecule has 1 aromatic carbocycles. The topological polar surface area (TPSA) is 70.4 Å². The maximum Gasteiger partial charge on any atom is 0.244 e. The summed E-state index contributed by atoms with van der Waals surface area (Å²) >= 11 is 0. The number of ether oxygens (including phenoxy) is 1. The van der Waals surface area contributed by atoms with E-state index < -0.39 is 15.8 Å². The van der Waals surface area contributed by atoms with Crippen molar-refractivity contribution in [3.8, 4) is 11.8 Å². The van der Waals surface area contributed by atoms with E-state index in [4.69, 9.17) is 10.00 Å². The first-order chi connectivity index (χ1) is 10.0. The minimum atomic E-state index is -3.88. The van der Waals surface area contributed by atoms with E-state index in [1.807, 2.05) is 6.07 Å². The van der Waals surface area contributed by atoms with Crippen molar-refractivity contribution in [2.75, 3.05) is 13.7 Å². The van der Waals surface area contributed by atoms with Crippen LogP contribution in [0.5, 0.6) is 5.75 Å². The average Bonchev–Trinajstić information content (AvgIpc) is 2.98. The van der Waals surface area contributed by atoms with Crippen molar-refractivity contribution < 1.29 is 17.5 Å². The van der Waals surface area contributed by atoms with E-state index in [9.17, 15) is 12.8 Å². The average molecular weight is 312 g/mol. The standard InChI is InChI=1S/C14H17FN2O3S/c1-20-14-7-6-12(10-13(14)15)21(18,19)17(9-8-16)11-4-2-3-5-11/h6-7,10-11H,2-5,9H2,1H3. The summed E-state index contributed by atoms with van der Waals surface area (Å²) in [6.07, 6.45) is 3.36. The molecule has 0 unspecified atom stereocenters. The second kappa shape index (κ2) is 6.41. The number of rotatable bonds is 5. The van der Waals surface area contributed by atoms with Gasteiger partial charge in [0.15, 0.2) is 11.6 Å². The van der Waals surface area contributed by atoms with Crippen molar-refractivity contribution in [2.24, 2.45) is 0 Å². The molecule has 1 saturated carbocycles. The zero-order valence-corrected chi connectivity index (χ0v) is 12.6. The third-order valence-electron chi connectivity index (χ3n) is 3.69. The summed E-state index contributed by atoms with van der Waals surface area (Å²) in [6, 6.07) is 5.22. The first-order valence-electron chi connectivity index (χ1n) is 6.73. The molecule has 0 aliphatic heterocycles. The first kappa shape index (κ1) is 15.7. The van der Waals surface area contributed by atoms with Gasteiger partial charge in [-0.05, 0) is 31.0 Å². The molecule has 1 aliphatic carbocycles. The van der Waals surface area contributed by atoms with E-state index in [1.54, 1.807) is 0 Å². The molecule has 21 heavy (non-hydrogen) atoms. The third-order valence-corrected chi connectivity index (χ3v) is 5.58. The van der Waals surface area contributed by atoms with Gasteiger partial charge in [0.1, 0.15) is 6.54 Å². The number of nitrogens with zero attached hydrogens (tertiary/aromatic N) is 2. The molecule has 0 atom stereocenters. The molecule has 2 rings (SSSR count). The minimum absolute atomic E-state index is 0.0124. The van der Waals surface area contributed by atoms with Gasteiger partial charge in [-0.3, -0.25) is 0 Å². The van der Waals surface area contributed by atoms with Gasteiger partial charge in [-0.15, -0.1) is 0 Å². The summed E-state index contributed by atoms with van der Waals surface area (Å²) in [4.78, 5) is -0.150. The molecule has 1 aromatic rings. The van der Waals surface area contributed by atoms with Crippen LogP contribution < -0.4 is 4.74 Å². The van der Waals surface area contributed by atoms with Crippen LogP contribution in [0.2, 0.25) is 0 Å². The lowest BCUT2D eigenvalue weighted by Crippen LogP contribution is -2.39. The number of benzene rings is 1. The Morgan fingerprint density at radius 1 is 1.43 bits per heavy atom. The fraction of sp³-hybridized carbons (Fsp3) is 0.500. The lowest BCUT2D eigenvalue weighted by Gasteiger charge is -2.25. The van der Waals surface area contributed by atoms with Gasteiger partial charge in [-0.25, -0.2) is 12.8 Å². The zero-order chi connectivity index (χ0) is 15.5. The Morgan fingerprint density at radius 2 is 2.10 bits per heavy atom. The number of hydrogen-bond acceptors (Lipinski definition) is 4. The molecule has 0 saturated heterocycles. The van der Waals surface area contributed by atoms with Gasteiger partial charge in [0.2, 0.25) is 10.0 Å². The second-order valence-corrected chi connectivity index (χ2v) is 6.83. The maximum absolute atomic E-state index is 13.7. The highest BCUT2D eigenvalue weighted by molar-refractivity contribution is 7.89. The third kappa shape index (κ3) is 3.17. The van der Waals surface area contributed by atoms with Gasteiger partial charge >= 0.3 is 0 Å². The van der Waals surface area contributed by atoms with Crippen LogP contribution in [0.1, 0.15) is 25.7 Å². The summed E-state index contributed by atoms with van der Waals surface area (Å²) in [5.74, 6) is -0.747. The first-order valence-corrected chi connectivity index (χ1v) is 8.17. The molecule has 0 amide bonds. The number of sulfonamides is 1. The largest absolute Gasteiger partial charge is 0.494 e. The zero-order valence-electron chi connectivity index (χ0n) is 11.8. The van der Waals surface area contributed by atoms with E-state index in [0.717, 1.165) is 31.7 Å². The second-order valence-electron chi connectivity index (χ2n) is 4.94. The van der Waals surface area contributed by atoms with Crippen molar-refractivity contribution in [3.05, 3.63) is 24.0 Å². The molecular formula is C14H17FN2O3S. The van der Waals surface area contributed by atoms with Crippen molar-refractivity contribution in [1.29, 1.82) is 5.26 Å². The number of halogens is 1. The predicted molar refractivity (Wildman–Crippen MR) is 74.7 cm³/mol. The quantitative estimate of drug-likeness (QED) is 0.782. The van der Waals surface area contributed by atoms with Gasteiger partial charge in [0.05, 0.1) is 18.1 Å². The van der Waals surface area contributed by atoms with Crippen LogP contribution in [0, 0.1) is 17.1 Å². The summed E-state index contributed by atoms with van der Waals surface area (Å²) in [6.45, 7) is -0.222. The molecule has 0 N–H and O–H groups in total. The van der Waals surface area contributed by atoms with Gasteiger partial charge in [0, 0.05) is 6.04 Å². The van der Waals surface area contributed by atoms with E-state index in [1.165, 1.54) is 23.5 Å². The van der Waals surface area contributed by atoms with Gasteiger partial charge < -0.3 is 4.74 Å². The highest BCUT2D eigenvalue weighted by atomic mass is 32.2. The van der Waals surface area contributed by atoms with E-state index in [0.29, 0.717) is 0 Å². The van der Waals surface area contributed by atoms with Crippen LogP contribution in [0.25, 0.3) is 0 Å². The number of hydrogen-bond donors (Lipinski definition) is 0. The normalized spacial score (nSPS) is 16.1. The van der Waals surface area contributed by atoms with Gasteiger partial charge in [-0.2, -0.15) is 9.57 Å². The van der Waals surface area contributed by atoms with E-state index in [-0.39, 0.29) is 23.2 Å². The molecule has 1 aliphatic rings. The van der Waals surface area contributed by atoms with E-state index >= 15 is 0 Å². The molecule has 1 fully saturated rings. The molecule has 0 aromatic heterocycles. The van der Waals surface area contributed by atoms with Crippen molar-refractivity contribution in [2.45, 2.75) is 36.6 Å². The Balaban J connectivity index is 2.38. The Kier molecular flexibility index (Phi) is 4.80. The lowest BCUT2D eigenvalue weighted by atomic mass is 10.2. The Bertz CT molecular complexity index is 649. The molecule has 5 nitrogen and oxygen atoms in total. The van der Waals surface area contributed by atoms with Gasteiger partial charge in [-0.1, -0.05) is 12.8 Å². The van der Waals surface area contributed by atoms with Gasteiger partial charge in [0.25, 0.3) is 0 Å². The number of nitriles is 1. The van der Waals surface area contributed by atoms with Crippen molar-refractivity contribution >= 4 is 10.0 Å². The molecule has 0 heterocycles. The molecule has 0 radical (unpaired) electrons. The molecule has 114 valence electrons. The molecule has 7 heteroatoms. The van der Waals surface area contributed by atoms with Crippen molar-refractivity contribution in [3.63, 3.8) is 0 Å². The lowest BCUT2D eigenvalue weighted by molar-refractivity contribution is 0.349. The molecule has 0 bridgehead atoms. The fourth-order valence-corrected chi connectivity index (χ4v) is 4.21. The summed E-state index contributed by atoms with van der Waals surface area (Å²) < 4.78 is 45.0. The van der Waals surface area contributed by atoms with Crippen LogP contribution in [0.4, 0.5) is 4.39 Å². The van der Waals surface area contributed by atoms with Crippen LogP contribution in [-0.4, -0.2) is 32.4 Å². The van der Waals surface area contributed by atoms with Crippen LogP contribution in [0.15, 0.2) is 23.1 Å². The van der Waals surface area contributed by atoms with E-state index in [2.05, 4.69) is 0 Å². The highest BCUT2D eigenvalue weighted by Gasteiger charge is 2.33. The number of methoxy groups -OCH3 is 1. The highest BCUT2D eigenvalue weighted by Crippen LogP contribution is 2.29. The van der Waals surface area contributed by atoms with Crippen LogP contribution >= 0.6 is 0 Å². The smallest absolute Gasteiger partial charge is 0.244 e. The minimum Gasteiger partial charge on any atom is -0.494 e. The van der Waals surface area contributed by atoms with Crippen LogP contribution in [-0.2, 0) is 10.0 Å². The summed E-state index contributed by atoms with van der Waals surface area (Å²) in [5.41, 5.74) is 0. The Hall–Kier alpha value is -1.65. The summed E-state index contributed by atoms with van der Waals surface area (Å²) in [5, 5.41) is 8.89. The molecular weight excluding hydrogens is 295 g/mol.